The lowest BCUT2D eigenvalue weighted by Gasteiger charge is -2.27. The number of hydrogen-bond donors (Lipinski definition) is 2. The fraction of sp³-hybridized carbons (Fsp3) is 0.632. The van der Waals surface area contributed by atoms with E-state index in [4.69, 9.17) is 15.2 Å². The fourth-order valence-electron chi connectivity index (χ4n) is 3.30. The molecule has 1 heterocycles. The van der Waals surface area contributed by atoms with Gasteiger partial charge in [-0.1, -0.05) is 13.8 Å². The molecule has 0 amide bonds. The topological polar surface area (TPSA) is 72.1 Å². The smallest absolute Gasteiger partial charge is 0.193 e. The number of benzene rings is 1. The Balaban J connectivity index is 1.99. The minimum atomic E-state index is 0.431. The number of likely N-dealkylation sites (tertiary alicyclic amines) is 1. The highest BCUT2D eigenvalue weighted by molar-refractivity contribution is 5.92. The van der Waals surface area contributed by atoms with Crippen molar-refractivity contribution in [3.63, 3.8) is 0 Å². The highest BCUT2D eigenvalue weighted by Gasteiger charge is 2.22. The first-order chi connectivity index (χ1) is 12.0. The third-order valence-electron chi connectivity index (χ3n) is 4.53. The second-order valence-electron chi connectivity index (χ2n) is 6.95. The van der Waals surface area contributed by atoms with Gasteiger partial charge >= 0.3 is 0 Å². The summed E-state index contributed by atoms with van der Waals surface area (Å²) in [6, 6.07) is 6.07. The number of nitrogens with two attached hydrogens (primary N) is 1. The largest absolute Gasteiger partial charge is 0.493 e. The molecule has 1 aliphatic rings. The van der Waals surface area contributed by atoms with Crippen molar-refractivity contribution < 1.29 is 9.47 Å². The van der Waals surface area contributed by atoms with Crippen LogP contribution in [0.5, 0.6) is 11.5 Å². The Morgan fingerprint density at radius 3 is 2.48 bits per heavy atom. The zero-order valence-electron chi connectivity index (χ0n) is 15.9. The lowest BCUT2D eigenvalue weighted by molar-refractivity contribution is 0.218. The highest BCUT2D eigenvalue weighted by atomic mass is 16.5. The Morgan fingerprint density at radius 2 is 1.88 bits per heavy atom. The van der Waals surface area contributed by atoms with Crippen molar-refractivity contribution in [3.8, 4) is 11.5 Å². The van der Waals surface area contributed by atoms with Crippen LogP contribution < -0.4 is 20.5 Å². The van der Waals surface area contributed by atoms with E-state index in [1.807, 2.05) is 18.2 Å². The standard InChI is InChI=1S/C19H32N4O2/c1-14(2)11-16(23-9-5-6-10-23)13-21-19(20)22-15-7-8-17(24-3)18(12-15)25-4/h7-8,12,14,16H,5-6,9-11,13H2,1-4H3,(H3,20,21,22). The van der Waals surface area contributed by atoms with Gasteiger partial charge in [-0.05, 0) is 50.4 Å². The summed E-state index contributed by atoms with van der Waals surface area (Å²) in [5.74, 6) is 2.44. The van der Waals surface area contributed by atoms with Gasteiger partial charge in [-0.15, -0.1) is 0 Å². The number of nitrogens with zero attached hydrogens (tertiary/aromatic N) is 2. The maximum absolute atomic E-state index is 6.09. The van der Waals surface area contributed by atoms with Crippen LogP contribution in [0.3, 0.4) is 0 Å². The second-order valence-corrected chi connectivity index (χ2v) is 6.95. The summed E-state index contributed by atoms with van der Waals surface area (Å²) in [5.41, 5.74) is 6.93. The summed E-state index contributed by atoms with van der Waals surface area (Å²) < 4.78 is 10.6. The zero-order valence-corrected chi connectivity index (χ0v) is 15.9. The molecular weight excluding hydrogens is 316 g/mol. The number of nitrogens with one attached hydrogen (secondary N) is 1. The molecule has 140 valence electrons. The van der Waals surface area contributed by atoms with Gasteiger partial charge in [0.15, 0.2) is 17.5 Å². The van der Waals surface area contributed by atoms with Crippen LogP contribution in [0, 0.1) is 5.92 Å². The molecule has 25 heavy (non-hydrogen) atoms. The van der Waals surface area contributed by atoms with Gasteiger partial charge in [-0.2, -0.15) is 0 Å². The van der Waals surface area contributed by atoms with Crippen molar-refractivity contribution in [1.29, 1.82) is 0 Å². The van der Waals surface area contributed by atoms with Gasteiger partial charge in [0.1, 0.15) is 0 Å². The number of guanidine groups is 1. The molecule has 0 aromatic heterocycles. The molecule has 1 unspecified atom stereocenters. The first kappa shape index (κ1) is 19.4. The van der Waals surface area contributed by atoms with Crippen LogP contribution in [0.2, 0.25) is 0 Å². The van der Waals surface area contributed by atoms with Crippen LogP contribution >= 0.6 is 0 Å². The summed E-state index contributed by atoms with van der Waals surface area (Å²) in [6.07, 6.45) is 3.72. The molecule has 1 atom stereocenters. The van der Waals surface area contributed by atoms with Crippen molar-refractivity contribution >= 4 is 11.6 Å². The van der Waals surface area contributed by atoms with E-state index in [0.29, 0.717) is 29.4 Å². The van der Waals surface area contributed by atoms with Crippen molar-refractivity contribution in [2.45, 2.75) is 39.2 Å². The highest BCUT2D eigenvalue weighted by Crippen LogP contribution is 2.29. The minimum Gasteiger partial charge on any atom is -0.493 e. The maximum Gasteiger partial charge on any atom is 0.193 e. The van der Waals surface area contributed by atoms with Crippen LogP contribution in [0.4, 0.5) is 5.69 Å². The molecule has 0 aliphatic carbocycles. The Labute approximate surface area is 151 Å². The third-order valence-corrected chi connectivity index (χ3v) is 4.53. The number of aliphatic imine (C=N–C) groups is 1. The quantitative estimate of drug-likeness (QED) is 0.558. The number of anilines is 1. The summed E-state index contributed by atoms with van der Waals surface area (Å²) >= 11 is 0. The summed E-state index contributed by atoms with van der Waals surface area (Å²) in [7, 11) is 3.24. The van der Waals surface area contributed by atoms with Gasteiger partial charge in [0.25, 0.3) is 0 Å². The SMILES string of the molecule is COc1ccc(NC(N)=NCC(CC(C)C)N2CCCC2)cc1OC. The van der Waals surface area contributed by atoms with E-state index in [9.17, 15) is 0 Å². The third kappa shape index (κ3) is 5.81. The van der Waals surface area contributed by atoms with Crippen LogP contribution in [0.15, 0.2) is 23.2 Å². The molecule has 1 saturated heterocycles. The molecule has 6 heteroatoms. The van der Waals surface area contributed by atoms with Crippen molar-refractivity contribution in [2.24, 2.45) is 16.6 Å². The average molecular weight is 348 g/mol. The van der Waals surface area contributed by atoms with Crippen molar-refractivity contribution in [3.05, 3.63) is 18.2 Å². The lowest BCUT2D eigenvalue weighted by atomic mass is 10.0. The predicted octanol–water partition coefficient (Wildman–Crippen LogP) is 2.94. The fourth-order valence-corrected chi connectivity index (χ4v) is 3.30. The average Bonchev–Trinajstić information content (AvgIpc) is 3.12. The number of rotatable bonds is 8. The normalized spacial score (nSPS) is 16.9. The monoisotopic (exact) mass is 348 g/mol. The van der Waals surface area contributed by atoms with Crippen LogP contribution in [0.1, 0.15) is 33.1 Å². The molecule has 1 aromatic carbocycles. The van der Waals surface area contributed by atoms with Gasteiger partial charge < -0.3 is 20.5 Å². The van der Waals surface area contributed by atoms with Gasteiger partial charge in [-0.3, -0.25) is 9.89 Å². The Bertz CT molecular complexity index is 569. The van der Waals surface area contributed by atoms with E-state index in [-0.39, 0.29) is 0 Å². The minimum absolute atomic E-state index is 0.431. The molecular formula is C19H32N4O2. The zero-order chi connectivity index (χ0) is 18.2. The van der Waals surface area contributed by atoms with E-state index < -0.39 is 0 Å². The van der Waals surface area contributed by atoms with Crippen molar-refractivity contribution in [1.82, 2.24) is 4.90 Å². The van der Waals surface area contributed by atoms with Crippen LogP contribution in [-0.2, 0) is 0 Å². The Kier molecular flexibility index (Phi) is 7.37. The van der Waals surface area contributed by atoms with E-state index in [1.165, 1.54) is 25.9 Å². The number of ether oxygens (including phenoxy) is 2. The van der Waals surface area contributed by atoms with E-state index in [0.717, 1.165) is 18.7 Å². The predicted molar refractivity (Wildman–Crippen MR) is 104 cm³/mol. The molecule has 1 aromatic rings. The van der Waals surface area contributed by atoms with Crippen molar-refractivity contribution in [2.75, 3.05) is 39.2 Å². The second kappa shape index (κ2) is 9.51. The van der Waals surface area contributed by atoms with E-state index in [1.54, 1.807) is 14.2 Å². The molecule has 6 nitrogen and oxygen atoms in total. The molecule has 1 fully saturated rings. The number of hydrogen-bond acceptors (Lipinski definition) is 4. The Hall–Kier alpha value is -1.95. The molecule has 1 aliphatic heterocycles. The first-order valence-corrected chi connectivity index (χ1v) is 9.06. The summed E-state index contributed by atoms with van der Waals surface area (Å²) in [6.45, 7) is 7.60. The van der Waals surface area contributed by atoms with Gasteiger partial charge in [0, 0.05) is 17.8 Å². The lowest BCUT2D eigenvalue weighted by Crippen LogP contribution is -2.37. The first-order valence-electron chi connectivity index (χ1n) is 9.06. The van der Waals surface area contributed by atoms with Gasteiger partial charge in [-0.25, -0.2) is 0 Å². The number of methoxy groups -OCH3 is 2. The van der Waals surface area contributed by atoms with Gasteiger partial charge in [0.2, 0.25) is 0 Å². The molecule has 0 radical (unpaired) electrons. The Morgan fingerprint density at radius 1 is 1.20 bits per heavy atom. The molecule has 2 rings (SSSR count). The maximum atomic E-state index is 6.09. The van der Waals surface area contributed by atoms with E-state index in [2.05, 4.69) is 29.1 Å². The molecule has 0 spiro atoms. The van der Waals surface area contributed by atoms with Gasteiger partial charge in [0.05, 0.1) is 20.8 Å². The molecule has 0 bridgehead atoms. The molecule has 0 saturated carbocycles. The summed E-state index contributed by atoms with van der Waals surface area (Å²) in [5, 5.41) is 3.14. The van der Waals surface area contributed by atoms with Crippen LogP contribution in [-0.4, -0.2) is 50.8 Å². The van der Waals surface area contributed by atoms with Crippen LogP contribution in [0.25, 0.3) is 0 Å². The molecule has 3 N–H and O–H groups in total. The van der Waals surface area contributed by atoms with E-state index >= 15 is 0 Å². The summed E-state index contributed by atoms with van der Waals surface area (Å²) in [4.78, 5) is 7.13.